The minimum absolute atomic E-state index is 0. The second-order valence-electron chi connectivity index (χ2n) is 36.0. The lowest BCUT2D eigenvalue weighted by Crippen LogP contribution is -2.08. The van der Waals surface area contributed by atoms with Gasteiger partial charge in [0.2, 0.25) is 0 Å². The largest absolute Gasteiger partial charge is 0.508 e. The van der Waals surface area contributed by atoms with Crippen LogP contribution in [0, 0.1) is 59.2 Å². The van der Waals surface area contributed by atoms with Gasteiger partial charge in [0.1, 0.15) is 5.75 Å². The van der Waals surface area contributed by atoms with Gasteiger partial charge in [-0.15, -0.1) is 0 Å². The van der Waals surface area contributed by atoms with Crippen LogP contribution in [-0.4, -0.2) is 20.1 Å². The Morgan fingerprint density at radius 3 is 1.21 bits per heavy atom. The molecule has 4 heteroatoms. The maximum Gasteiger partial charge on any atom is 0.115 e. The molecule has 1 aliphatic carbocycles. The number of nitrogens with zero attached hydrogens (tertiary/aromatic N) is 1. The second kappa shape index (κ2) is 56.0. The third-order valence-corrected chi connectivity index (χ3v) is 20.6. The number of H-pyrrole nitrogens is 2. The number of fused-ring (bicyclic) bond motifs is 3. The highest BCUT2D eigenvalue weighted by Gasteiger charge is 2.14. The van der Waals surface area contributed by atoms with E-state index < -0.39 is 0 Å². The summed E-state index contributed by atoms with van der Waals surface area (Å²) in [6, 6.07) is 96.0. The summed E-state index contributed by atoms with van der Waals surface area (Å²) < 4.78 is 0. The van der Waals surface area contributed by atoms with Crippen molar-refractivity contribution in [3.05, 3.63) is 336 Å². The van der Waals surface area contributed by atoms with Gasteiger partial charge in [-0.05, 0) is 237 Å². The van der Waals surface area contributed by atoms with Crippen molar-refractivity contribution >= 4 is 32.4 Å². The molecule has 11 aromatic carbocycles. The molecule has 0 bridgehead atoms. The molecule has 14 rings (SSSR count). The van der Waals surface area contributed by atoms with Crippen molar-refractivity contribution in [1.82, 2.24) is 15.0 Å². The van der Waals surface area contributed by atoms with Crippen molar-refractivity contribution in [3.8, 4) is 28.0 Å². The fourth-order valence-electron chi connectivity index (χ4n) is 14.5. The Morgan fingerprint density at radius 1 is 0.316 bits per heavy atom. The SMILES string of the molecule is C.CC(C)CC1CCCCC1.CC(C)CCc1ccc(-c2ccccc2)cc1.CC(C)CCc1ccc(O)cc1.CC(C)CCc1ccccc1.CC(C)Cc1c[nH]c2ccccc12.CC(C)Cc1ccc(-c2ccccc2)cc1.CC(C)Cc1ccc2ccccc2c1.CC(C)Cc1cccc2ccccc12.CC(C)Cc1cnc[nH]1. The van der Waals surface area contributed by atoms with Crippen molar-refractivity contribution < 1.29 is 5.11 Å². The molecule has 0 unspecified atom stereocenters. The van der Waals surface area contributed by atoms with Gasteiger partial charge in [0.25, 0.3) is 0 Å². The average Bonchev–Trinajstić information content (AvgIpc) is 1.81. The molecule has 0 radical (unpaired) electrons. The fraction of sp³-hybridized carbons (Fsp3) is 0.407. The number of aromatic hydroxyl groups is 1. The highest BCUT2D eigenvalue weighted by molar-refractivity contribution is 5.86. The minimum atomic E-state index is 0. The smallest absolute Gasteiger partial charge is 0.115 e. The average molecular weight is 1570 g/mol. The molecule has 3 N–H and O–H groups in total. The van der Waals surface area contributed by atoms with Crippen LogP contribution in [0.5, 0.6) is 5.75 Å². The topological polar surface area (TPSA) is 64.7 Å². The molecule has 2 heterocycles. The third kappa shape index (κ3) is 41.4. The van der Waals surface area contributed by atoms with Crippen molar-refractivity contribution in [3.63, 3.8) is 0 Å². The van der Waals surface area contributed by atoms with Gasteiger partial charge in [-0.2, -0.15) is 0 Å². The first kappa shape index (κ1) is 98.1. The van der Waals surface area contributed by atoms with Crippen LogP contribution in [-0.2, 0) is 51.4 Å². The number of phenols is 1. The predicted molar refractivity (Wildman–Crippen MR) is 518 cm³/mol. The normalized spacial score (nSPS) is 11.7. The van der Waals surface area contributed by atoms with Gasteiger partial charge in [-0.25, -0.2) is 4.98 Å². The van der Waals surface area contributed by atoms with Crippen molar-refractivity contribution in [2.24, 2.45) is 59.2 Å². The van der Waals surface area contributed by atoms with Crippen LogP contribution in [0.15, 0.2) is 292 Å². The Hall–Kier alpha value is -9.51. The number of hydrogen-bond donors (Lipinski definition) is 3. The molecule has 1 aliphatic rings. The van der Waals surface area contributed by atoms with Crippen LogP contribution < -0.4 is 0 Å². The van der Waals surface area contributed by atoms with Gasteiger partial charge in [0.15, 0.2) is 0 Å². The standard InChI is InChI=1S/C17H20.C16H18.2C14H16.C12H15N.C11H16O.C11H16.C10H20.C7H12N2.CH4/c1-14(2)8-9-15-10-12-17(13-11-15)16-6-4-3-5-7-16;1-13(2)12-14-8-10-16(11-9-14)15-6-4-3-5-7-15;1-11(2)10-13-8-5-7-12-6-3-4-9-14(12)13;1-11(2)9-12-7-8-13-5-3-4-6-14(13)10-12;1-9(2)7-10-8-13-12-6-4-3-5-11(10)12;1-9(2)3-4-10-5-7-11(12)8-6-10;1-10(2)8-9-11-6-4-3-5-7-11;1-9(2)8-10-6-4-3-5-7-10;1-6(2)3-7-4-8-5-9-7;/h3-7,10-14H,8-9H2,1-2H3;3-11,13H,12H2,1-2H3;3-9,11H,10H2,1-2H3;3-8,10-11H,9H2,1-2H3;3-6,8-9,13H,7H2,1-2H3;5-9,12H,3-4H2,1-2H3;3-7,10H,8-9H2,1-2H3;9-10H,3-8H2,1-2H3;4-6H,3H2,1-2H3,(H,8,9);1H4. The molecule has 626 valence electrons. The number of rotatable bonds is 23. The Morgan fingerprint density at radius 2 is 0.718 bits per heavy atom. The summed E-state index contributed by atoms with van der Waals surface area (Å²) in [6.07, 6.45) is 27.8. The highest BCUT2D eigenvalue weighted by atomic mass is 16.3. The number of phenolic OH excluding ortho intramolecular Hbond substituents is 1. The molecule has 0 aliphatic heterocycles. The monoisotopic (exact) mass is 1570 g/mol. The van der Waals surface area contributed by atoms with E-state index in [1.54, 1.807) is 18.5 Å². The first-order valence-electron chi connectivity index (χ1n) is 44.4. The summed E-state index contributed by atoms with van der Waals surface area (Å²) in [4.78, 5) is 10.3. The van der Waals surface area contributed by atoms with Crippen LogP contribution >= 0.6 is 0 Å². The number of benzene rings is 11. The number of aromatic nitrogens is 3. The summed E-state index contributed by atoms with van der Waals surface area (Å²) in [5.74, 6) is 8.31. The van der Waals surface area contributed by atoms with E-state index in [0.29, 0.717) is 11.7 Å². The zero-order valence-corrected chi connectivity index (χ0v) is 74.9. The fourth-order valence-corrected chi connectivity index (χ4v) is 14.5. The maximum absolute atomic E-state index is 9.03. The van der Waals surface area contributed by atoms with Gasteiger partial charge in [0, 0.05) is 29.0 Å². The molecule has 2 aromatic heterocycles. The molecule has 1 fully saturated rings. The highest BCUT2D eigenvalue weighted by Crippen LogP contribution is 2.30. The molecule has 0 spiro atoms. The second-order valence-corrected chi connectivity index (χ2v) is 36.0. The molecular weight excluding hydrogens is 1420 g/mol. The number of para-hydroxylation sites is 1. The molecule has 13 aromatic rings. The van der Waals surface area contributed by atoms with Gasteiger partial charge in [-0.3, -0.25) is 0 Å². The Balaban J connectivity index is 0.000000236. The number of aromatic amines is 2. The molecule has 0 amide bonds. The molecule has 0 saturated heterocycles. The number of imidazole rings is 1. The van der Waals surface area contributed by atoms with Crippen LogP contribution in [0.3, 0.4) is 0 Å². The Labute approximate surface area is 712 Å². The summed E-state index contributed by atoms with van der Waals surface area (Å²) in [7, 11) is 0. The first-order valence-corrected chi connectivity index (χ1v) is 44.4. The van der Waals surface area contributed by atoms with Crippen molar-refractivity contribution in [2.45, 2.75) is 241 Å². The van der Waals surface area contributed by atoms with E-state index in [1.165, 1.54) is 183 Å². The summed E-state index contributed by atoms with van der Waals surface area (Å²) in [6.45, 7) is 40.7. The van der Waals surface area contributed by atoms with Gasteiger partial charge < -0.3 is 15.1 Å². The van der Waals surface area contributed by atoms with E-state index in [4.69, 9.17) is 5.11 Å². The third-order valence-electron chi connectivity index (χ3n) is 20.6. The van der Waals surface area contributed by atoms with Crippen LogP contribution in [0.25, 0.3) is 54.7 Å². The molecule has 1 saturated carbocycles. The lowest BCUT2D eigenvalue weighted by Gasteiger charge is -2.22. The number of aryl methyl sites for hydroxylation is 3. The van der Waals surface area contributed by atoms with E-state index in [2.05, 4.69) is 394 Å². The van der Waals surface area contributed by atoms with E-state index in [1.807, 2.05) is 18.3 Å². The van der Waals surface area contributed by atoms with E-state index >= 15 is 0 Å². The van der Waals surface area contributed by atoms with Crippen LogP contribution in [0.2, 0.25) is 0 Å². The zero-order chi connectivity index (χ0) is 83.8. The maximum atomic E-state index is 9.03. The molecular formula is C113H153N3O. The number of hydrogen-bond acceptors (Lipinski definition) is 2. The number of nitrogens with one attached hydrogen (secondary N) is 2. The van der Waals surface area contributed by atoms with Gasteiger partial charge in [-0.1, -0.05) is 419 Å². The van der Waals surface area contributed by atoms with E-state index in [-0.39, 0.29) is 7.43 Å². The lowest BCUT2D eigenvalue weighted by atomic mass is 9.84. The quantitative estimate of drug-likeness (QED) is 0.0598. The van der Waals surface area contributed by atoms with Crippen molar-refractivity contribution in [2.75, 3.05) is 0 Å². The Bertz CT molecular complexity index is 4580. The zero-order valence-electron chi connectivity index (χ0n) is 74.9. The summed E-state index contributed by atoms with van der Waals surface area (Å²) >= 11 is 0. The van der Waals surface area contributed by atoms with Crippen LogP contribution in [0.4, 0.5) is 0 Å². The molecule has 0 atom stereocenters. The van der Waals surface area contributed by atoms with Crippen LogP contribution in [0.1, 0.15) is 234 Å². The molecule has 4 nitrogen and oxygen atoms in total. The predicted octanol–water partition coefficient (Wildman–Crippen LogP) is 33.1. The Kier molecular flexibility index (Phi) is 46.9. The van der Waals surface area contributed by atoms with Gasteiger partial charge in [0.05, 0.1) is 6.33 Å². The van der Waals surface area contributed by atoms with E-state index in [9.17, 15) is 0 Å². The van der Waals surface area contributed by atoms with Gasteiger partial charge >= 0.3 is 0 Å². The summed E-state index contributed by atoms with van der Waals surface area (Å²) in [5.41, 5.74) is 17.6. The van der Waals surface area contributed by atoms with E-state index in [0.717, 1.165) is 78.9 Å². The first-order chi connectivity index (χ1) is 55.8. The minimum Gasteiger partial charge on any atom is -0.508 e. The molecule has 117 heavy (non-hydrogen) atoms. The van der Waals surface area contributed by atoms with Crippen molar-refractivity contribution in [1.29, 1.82) is 0 Å². The lowest BCUT2D eigenvalue weighted by molar-refractivity contribution is 0.305. The summed E-state index contributed by atoms with van der Waals surface area (Å²) in [5, 5.41) is 15.9.